The minimum atomic E-state index is -0.388. The summed E-state index contributed by atoms with van der Waals surface area (Å²) in [6.07, 6.45) is 2.93. The molecular weight excluding hydrogens is 298 g/mol. The molecule has 0 saturated carbocycles. The van der Waals surface area contributed by atoms with Crippen molar-refractivity contribution in [2.75, 3.05) is 31.2 Å². The average Bonchev–Trinajstić information content (AvgIpc) is 2.61. The van der Waals surface area contributed by atoms with Crippen LogP contribution >= 0.6 is 0 Å². The number of nitrogens with one attached hydrogen (secondary N) is 2. The van der Waals surface area contributed by atoms with E-state index in [1.165, 1.54) is 12.4 Å². The first-order valence-electron chi connectivity index (χ1n) is 7.33. The van der Waals surface area contributed by atoms with E-state index in [1.54, 1.807) is 6.20 Å². The highest BCUT2D eigenvalue weighted by molar-refractivity contribution is 5.91. The molecule has 0 unspecified atom stereocenters. The van der Waals surface area contributed by atoms with Gasteiger partial charge in [-0.25, -0.2) is 9.97 Å². The lowest BCUT2D eigenvalue weighted by Gasteiger charge is -2.28. The Morgan fingerprint density at radius 2 is 2.13 bits per heavy atom. The fourth-order valence-electron chi connectivity index (χ4n) is 2.30. The Morgan fingerprint density at radius 1 is 1.30 bits per heavy atom. The molecule has 1 fully saturated rings. The summed E-state index contributed by atoms with van der Waals surface area (Å²) in [5.74, 6) is 0.482. The molecule has 2 aromatic rings. The van der Waals surface area contributed by atoms with Gasteiger partial charge in [0.25, 0.3) is 11.5 Å². The number of morpholine rings is 1. The number of aromatic nitrogens is 3. The van der Waals surface area contributed by atoms with Crippen LogP contribution in [0.25, 0.3) is 0 Å². The number of rotatable bonds is 4. The van der Waals surface area contributed by atoms with Gasteiger partial charge in [-0.2, -0.15) is 0 Å². The molecule has 0 aromatic carbocycles. The molecule has 1 aliphatic rings. The van der Waals surface area contributed by atoms with Gasteiger partial charge in [0.1, 0.15) is 11.5 Å². The van der Waals surface area contributed by atoms with E-state index in [9.17, 15) is 9.59 Å². The van der Waals surface area contributed by atoms with Gasteiger partial charge in [0.05, 0.1) is 19.5 Å². The maximum atomic E-state index is 12.0. The highest BCUT2D eigenvalue weighted by atomic mass is 16.5. The predicted octanol–water partition coefficient (Wildman–Crippen LogP) is -0.0685. The van der Waals surface area contributed by atoms with Gasteiger partial charge in [-0.1, -0.05) is 0 Å². The third-order valence-corrected chi connectivity index (χ3v) is 3.51. The summed E-state index contributed by atoms with van der Waals surface area (Å²) in [5, 5.41) is 2.75. The zero-order valence-electron chi connectivity index (χ0n) is 12.5. The molecule has 3 rings (SSSR count). The molecule has 1 amide bonds. The minimum absolute atomic E-state index is 0.0937. The predicted molar refractivity (Wildman–Crippen MR) is 83.3 cm³/mol. The average molecular weight is 315 g/mol. The number of pyridine rings is 1. The lowest BCUT2D eigenvalue weighted by Crippen LogP contribution is -2.36. The second-order valence-corrected chi connectivity index (χ2v) is 5.10. The van der Waals surface area contributed by atoms with Crippen molar-refractivity contribution in [3.05, 3.63) is 52.3 Å². The van der Waals surface area contributed by atoms with E-state index in [4.69, 9.17) is 4.74 Å². The Morgan fingerprint density at radius 3 is 2.91 bits per heavy atom. The van der Waals surface area contributed by atoms with Crippen LogP contribution in [-0.4, -0.2) is 47.2 Å². The highest BCUT2D eigenvalue weighted by Gasteiger charge is 2.13. The number of amides is 1. The monoisotopic (exact) mass is 315 g/mol. The maximum Gasteiger partial charge on any atom is 0.270 e. The van der Waals surface area contributed by atoms with Crippen molar-refractivity contribution < 1.29 is 9.53 Å². The molecule has 1 saturated heterocycles. The SMILES string of the molecule is O=C(NCc1ccnc(N2CCOCC2)c1)c1cc(=O)[nH]cn1. The van der Waals surface area contributed by atoms with Crippen LogP contribution in [0.15, 0.2) is 35.5 Å². The van der Waals surface area contributed by atoms with Gasteiger partial charge in [0.15, 0.2) is 0 Å². The summed E-state index contributed by atoms with van der Waals surface area (Å²) in [4.78, 5) is 35.9. The van der Waals surface area contributed by atoms with Crippen LogP contribution in [0.2, 0.25) is 0 Å². The van der Waals surface area contributed by atoms with Crippen LogP contribution in [0, 0.1) is 0 Å². The fourth-order valence-corrected chi connectivity index (χ4v) is 2.30. The zero-order chi connectivity index (χ0) is 16.1. The van der Waals surface area contributed by atoms with Gasteiger partial charge in [-0.05, 0) is 17.7 Å². The topological polar surface area (TPSA) is 100 Å². The summed E-state index contributed by atoms with van der Waals surface area (Å²) < 4.78 is 5.33. The molecule has 2 N–H and O–H groups in total. The van der Waals surface area contributed by atoms with Crippen molar-refractivity contribution in [1.29, 1.82) is 0 Å². The molecule has 1 aliphatic heterocycles. The van der Waals surface area contributed by atoms with Gasteiger partial charge in [0, 0.05) is 31.9 Å². The first-order chi connectivity index (χ1) is 11.2. The van der Waals surface area contributed by atoms with E-state index in [2.05, 4.69) is 25.2 Å². The molecule has 120 valence electrons. The van der Waals surface area contributed by atoms with Crippen LogP contribution in [0.1, 0.15) is 16.1 Å². The summed E-state index contributed by atoms with van der Waals surface area (Å²) in [6.45, 7) is 3.33. The molecular formula is C15H17N5O3. The van der Waals surface area contributed by atoms with E-state index in [0.717, 1.165) is 24.5 Å². The van der Waals surface area contributed by atoms with Crippen LogP contribution in [-0.2, 0) is 11.3 Å². The number of anilines is 1. The Hall–Kier alpha value is -2.74. The second-order valence-electron chi connectivity index (χ2n) is 5.10. The number of H-pyrrole nitrogens is 1. The summed E-state index contributed by atoms with van der Waals surface area (Å²) >= 11 is 0. The summed E-state index contributed by atoms with van der Waals surface area (Å²) in [5.41, 5.74) is 0.666. The number of nitrogens with zero attached hydrogens (tertiary/aromatic N) is 3. The number of hydrogen-bond acceptors (Lipinski definition) is 6. The summed E-state index contributed by atoms with van der Waals surface area (Å²) in [6, 6.07) is 4.95. The van der Waals surface area contributed by atoms with Crippen molar-refractivity contribution >= 4 is 11.7 Å². The molecule has 0 bridgehead atoms. The summed E-state index contributed by atoms with van der Waals surface area (Å²) in [7, 11) is 0. The molecule has 0 aliphatic carbocycles. The highest BCUT2D eigenvalue weighted by Crippen LogP contribution is 2.14. The van der Waals surface area contributed by atoms with E-state index >= 15 is 0 Å². The molecule has 2 aromatic heterocycles. The van der Waals surface area contributed by atoms with E-state index in [1.807, 2.05) is 12.1 Å². The zero-order valence-corrected chi connectivity index (χ0v) is 12.5. The number of carbonyl (C=O) groups is 1. The lowest BCUT2D eigenvalue weighted by atomic mass is 10.2. The van der Waals surface area contributed by atoms with Crippen molar-refractivity contribution in [2.24, 2.45) is 0 Å². The van der Waals surface area contributed by atoms with Crippen LogP contribution in [0.3, 0.4) is 0 Å². The standard InChI is InChI=1S/C15H17N5O3/c21-14-8-12(18-10-19-14)15(22)17-9-11-1-2-16-13(7-11)20-3-5-23-6-4-20/h1-2,7-8,10H,3-6,9H2,(H,17,22)(H,18,19,21). The van der Waals surface area contributed by atoms with Gasteiger partial charge in [0.2, 0.25) is 0 Å². The smallest absolute Gasteiger partial charge is 0.270 e. The van der Waals surface area contributed by atoms with E-state index in [-0.39, 0.29) is 17.2 Å². The van der Waals surface area contributed by atoms with Crippen molar-refractivity contribution in [1.82, 2.24) is 20.3 Å². The van der Waals surface area contributed by atoms with Crippen LogP contribution in [0.4, 0.5) is 5.82 Å². The number of ether oxygens (including phenoxy) is 1. The van der Waals surface area contributed by atoms with Gasteiger partial charge in [-0.15, -0.1) is 0 Å². The second kappa shape index (κ2) is 7.01. The molecule has 23 heavy (non-hydrogen) atoms. The van der Waals surface area contributed by atoms with E-state index in [0.29, 0.717) is 19.8 Å². The quantitative estimate of drug-likeness (QED) is 0.819. The third-order valence-electron chi connectivity index (χ3n) is 3.51. The van der Waals surface area contributed by atoms with Crippen LogP contribution < -0.4 is 15.8 Å². The molecule has 0 spiro atoms. The van der Waals surface area contributed by atoms with Gasteiger partial charge in [-0.3, -0.25) is 9.59 Å². The van der Waals surface area contributed by atoms with Gasteiger partial charge < -0.3 is 19.9 Å². The molecule has 0 radical (unpaired) electrons. The maximum absolute atomic E-state index is 12.0. The lowest BCUT2D eigenvalue weighted by molar-refractivity contribution is 0.0945. The number of hydrogen-bond donors (Lipinski definition) is 2. The Kier molecular flexibility index (Phi) is 4.62. The van der Waals surface area contributed by atoms with E-state index < -0.39 is 0 Å². The molecule has 8 nitrogen and oxygen atoms in total. The van der Waals surface area contributed by atoms with Crippen molar-refractivity contribution in [3.63, 3.8) is 0 Å². The Balaban J connectivity index is 1.64. The third kappa shape index (κ3) is 3.92. The van der Waals surface area contributed by atoms with Crippen molar-refractivity contribution in [2.45, 2.75) is 6.54 Å². The fraction of sp³-hybridized carbons (Fsp3) is 0.333. The van der Waals surface area contributed by atoms with Crippen molar-refractivity contribution in [3.8, 4) is 0 Å². The number of aromatic amines is 1. The largest absolute Gasteiger partial charge is 0.378 e. The normalized spacial score (nSPS) is 14.5. The Bertz CT molecular complexity index is 740. The first-order valence-corrected chi connectivity index (χ1v) is 7.33. The molecule has 0 atom stereocenters. The minimum Gasteiger partial charge on any atom is -0.378 e. The first kappa shape index (κ1) is 15.2. The van der Waals surface area contributed by atoms with Crippen LogP contribution in [0.5, 0.6) is 0 Å². The van der Waals surface area contributed by atoms with Gasteiger partial charge >= 0.3 is 0 Å². The molecule has 3 heterocycles. The Labute approximate surface area is 132 Å². The molecule has 8 heteroatoms. The number of carbonyl (C=O) groups excluding carboxylic acids is 1.